The van der Waals surface area contributed by atoms with Gasteiger partial charge in [0.2, 0.25) is 0 Å². The van der Waals surface area contributed by atoms with Crippen molar-refractivity contribution < 1.29 is 14.6 Å². The van der Waals surface area contributed by atoms with E-state index >= 15 is 0 Å². The van der Waals surface area contributed by atoms with Crippen LogP contribution < -0.4 is 5.32 Å². The van der Waals surface area contributed by atoms with Crippen molar-refractivity contribution in [1.29, 1.82) is 0 Å². The summed E-state index contributed by atoms with van der Waals surface area (Å²) in [5.74, 6) is 0. The highest BCUT2D eigenvalue weighted by atomic mass is 16.6. The lowest BCUT2D eigenvalue weighted by Gasteiger charge is -2.20. The summed E-state index contributed by atoms with van der Waals surface area (Å²) >= 11 is 0. The molecule has 1 atom stereocenters. The Morgan fingerprint density at radius 1 is 1.33 bits per heavy atom. The van der Waals surface area contributed by atoms with Gasteiger partial charge in [-0.1, -0.05) is 29.8 Å². The second-order valence-corrected chi connectivity index (χ2v) is 5.31. The smallest absolute Gasteiger partial charge is 0.407 e. The van der Waals surface area contributed by atoms with E-state index in [-0.39, 0.29) is 6.54 Å². The van der Waals surface area contributed by atoms with Crippen molar-refractivity contribution in [2.45, 2.75) is 39.4 Å². The van der Waals surface area contributed by atoms with Crippen molar-refractivity contribution in [3.63, 3.8) is 0 Å². The van der Waals surface area contributed by atoms with Gasteiger partial charge in [-0.2, -0.15) is 0 Å². The molecule has 4 nitrogen and oxygen atoms in total. The maximum absolute atomic E-state index is 11.4. The third kappa shape index (κ3) is 5.19. The van der Waals surface area contributed by atoms with Crippen LogP contribution in [0.5, 0.6) is 0 Å². The van der Waals surface area contributed by atoms with E-state index in [0.29, 0.717) is 0 Å². The number of aliphatic hydroxyl groups is 1. The van der Waals surface area contributed by atoms with Gasteiger partial charge in [-0.3, -0.25) is 0 Å². The molecular weight excluding hydrogens is 230 g/mol. The Hall–Kier alpha value is -1.55. The number of hydrogen-bond donors (Lipinski definition) is 2. The minimum atomic E-state index is -0.724. The molecule has 18 heavy (non-hydrogen) atoms. The van der Waals surface area contributed by atoms with Gasteiger partial charge >= 0.3 is 6.09 Å². The highest BCUT2D eigenvalue weighted by Gasteiger charge is 2.17. The van der Waals surface area contributed by atoms with Gasteiger partial charge in [0.05, 0.1) is 12.6 Å². The van der Waals surface area contributed by atoms with Gasteiger partial charge in [0.25, 0.3) is 0 Å². The van der Waals surface area contributed by atoms with E-state index in [2.05, 4.69) is 5.32 Å². The first kappa shape index (κ1) is 14.5. The van der Waals surface area contributed by atoms with E-state index in [0.717, 1.165) is 11.1 Å². The molecule has 0 heterocycles. The van der Waals surface area contributed by atoms with Crippen LogP contribution in [0.4, 0.5) is 4.79 Å². The van der Waals surface area contributed by atoms with Crippen molar-refractivity contribution in [3.05, 3.63) is 35.4 Å². The number of alkyl carbamates (subject to hydrolysis) is 1. The first-order valence-electron chi connectivity index (χ1n) is 5.99. The van der Waals surface area contributed by atoms with E-state index in [9.17, 15) is 9.90 Å². The van der Waals surface area contributed by atoms with Crippen LogP contribution in [0.25, 0.3) is 0 Å². The highest BCUT2D eigenvalue weighted by molar-refractivity contribution is 5.67. The van der Waals surface area contributed by atoms with Crippen LogP contribution in [0, 0.1) is 6.92 Å². The molecule has 0 aliphatic carbocycles. The van der Waals surface area contributed by atoms with E-state index in [1.54, 1.807) is 20.8 Å². The number of carbonyl (C=O) groups is 1. The van der Waals surface area contributed by atoms with E-state index in [1.807, 2.05) is 31.2 Å². The van der Waals surface area contributed by atoms with Gasteiger partial charge in [-0.15, -0.1) is 0 Å². The zero-order valence-corrected chi connectivity index (χ0v) is 11.4. The molecule has 0 bridgehead atoms. The molecule has 0 fully saturated rings. The summed E-state index contributed by atoms with van der Waals surface area (Å²) < 4.78 is 5.08. The number of nitrogens with one attached hydrogen (secondary N) is 1. The van der Waals surface area contributed by atoms with Crippen molar-refractivity contribution in [3.8, 4) is 0 Å². The van der Waals surface area contributed by atoms with Gasteiger partial charge in [-0.05, 0) is 33.3 Å². The summed E-state index contributed by atoms with van der Waals surface area (Å²) in [6.07, 6.45) is -1.24. The molecule has 0 aliphatic heterocycles. The zero-order chi connectivity index (χ0) is 13.8. The van der Waals surface area contributed by atoms with Crippen molar-refractivity contribution >= 4 is 6.09 Å². The van der Waals surface area contributed by atoms with Crippen LogP contribution in [0.1, 0.15) is 38.0 Å². The fraction of sp³-hybridized carbons (Fsp3) is 0.500. The van der Waals surface area contributed by atoms with Crippen molar-refractivity contribution in [1.82, 2.24) is 5.32 Å². The molecule has 0 saturated carbocycles. The van der Waals surface area contributed by atoms with Crippen LogP contribution in [0.2, 0.25) is 0 Å². The average molecular weight is 251 g/mol. The van der Waals surface area contributed by atoms with Crippen molar-refractivity contribution in [2.75, 3.05) is 6.54 Å². The first-order chi connectivity index (χ1) is 8.28. The molecule has 0 radical (unpaired) electrons. The summed E-state index contributed by atoms with van der Waals surface area (Å²) in [4.78, 5) is 11.4. The lowest BCUT2D eigenvalue weighted by Crippen LogP contribution is -2.34. The van der Waals surface area contributed by atoms with E-state index in [1.165, 1.54) is 0 Å². The third-order valence-corrected chi connectivity index (χ3v) is 2.30. The monoisotopic (exact) mass is 251 g/mol. The molecule has 1 amide bonds. The Bertz CT molecular complexity index is 392. The minimum absolute atomic E-state index is 0.137. The Morgan fingerprint density at radius 3 is 2.39 bits per heavy atom. The van der Waals surface area contributed by atoms with E-state index in [4.69, 9.17) is 4.74 Å². The largest absolute Gasteiger partial charge is 0.444 e. The van der Waals surface area contributed by atoms with Gasteiger partial charge < -0.3 is 15.2 Å². The molecule has 0 aromatic heterocycles. The van der Waals surface area contributed by atoms with Gasteiger partial charge in [0.15, 0.2) is 0 Å². The lowest BCUT2D eigenvalue weighted by molar-refractivity contribution is 0.0492. The molecule has 0 saturated heterocycles. The molecule has 1 unspecified atom stereocenters. The van der Waals surface area contributed by atoms with Crippen LogP contribution in [0.3, 0.4) is 0 Å². The summed E-state index contributed by atoms with van der Waals surface area (Å²) in [5.41, 5.74) is 1.38. The predicted octanol–water partition coefficient (Wildman–Crippen LogP) is 2.55. The number of aliphatic hydroxyl groups excluding tert-OH is 1. The number of ether oxygens (including phenoxy) is 1. The number of benzene rings is 1. The van der Waals surface area contributed by atoms with Crippen molar-refractivity contribution in [2.24, 2.45) is 0 Å². The van der Waals surface area contributed by atoms with E-state index < -0.39 is 17.8 Å². The normalized spacial score (nSPS) is 12.9. The highest BCUT2D eigenvalue weighted by Crippen LogP contribution is 2.13. The van der Waals surface area contributed by atoms with Gasteiger partial charge in [0, 0.05) is 0 Å². The molecule has 1 aromatic rings. The maximum Gasteiger partial charge on any atom is 0.407 e. The second kappa shape index (κ2) is 5.87. The van der Waals surface area contributed by atoms with Crippen LogP contribution in [0.15, 0.2) is 24.3 Å². The van der Waals surface area contributed by atoms with Crippen LogP contribution in [-0.4, -0.2) is 23.3 Å². The number of rotatable bonds is 3. The van der Waals surface area contributed by atoms with Crippen LogP contribution in [-0.2, 0) is 4.74 Å². The maximum atomic E-state index is 11.4. The molecule has 0 spiro atoms. The standard InChI is InChI=1S/C14H21NO3/c1-10-5-7-11(8-6-10)12(16)9-15-13(17)18-14(2,3)4/h5-8,12,16H,9H2,1-4H3,(H,15,17). The zero-order valence-electron chi connectivity index (χ0n) is 11.4. The average Bonchev–Trinajstić information content (AvgIpc) is 2.24. The predicted molar refractivity (Wildman–Crippen MR) is 70.4 cm³/mol. The second-order valence-electron chi connectivity index (χ2n) is 5.31. The summed E-state index contributed by atoms with van der Waals surface area (Å²) in [5, 5.41) is 12.4. The fourth-order valence-electron chi connectivity index (χ4n) is 1.40. The number of aryl methyl sites for hydroxylation is 1. The topological polar surface area (TPSA) is 58.6 Å². The van der Waals surface area contributed by atoms with Gasteiger partial charge in [0.1, 0.15) is 5.60 Å². The minimum Gasteiger partial charge on any atom is -0.444 e. The lowest BCUT2D eigenvalue weighted by atomic mass is 10.1. The third-order valence-electron chi connectivity index (χ3n) is 2.30. The quantitative estimate of drug-likeness (QED) is 0.868. The molecule has 2 N–H and O–H groups in total. The Balaban J connectivity index is 2.44. The summed E-state index contributed by atoms with van der Waals surface area (Å²) in [7, 11) is 0. The Kier molecular flexibility index (Phi) is 4.73. The summed E-state index contributed by atoms with van der Waals surface area (Å²) in [6, 6.07) is 7.53. The fourth-order valence-corrected chi connectivity index (χ4v) is 1.40. The molecular formula is C14H21NO3. The number of amides is 1. The number of hydrogen-bond acceptors (Lipinski definition) is 3. The molecule has 1 aromatic carbocycles. The first-order valence-corrected chi connectivity index (χ1v) is 5.99. The number of carbonyl (C=O) groups excluding carboxylic acids is 1. The molecule has 1 rings (SSSR count). The Morgan fingerprint density at radius 2 is 1.89 bits per heavy atom. The van der Waals surface area contributed by atoms with Crippen LogP contribution >= 0.6 is 0 Å². The molecule has 100 valence electrons. The summed E-state index contributed by atoms with van der Waals surface area (Å²) in [6.45, 7) is 7.50. The molecule has 4 heteroatoms. The van der Waals surface area contributed by atoms with Gasteiger partial charge in [-0.25, -0.2) is 4.79 Å². The Labute approximate surface area is 108 Å². The SMILES string of the molecule is Cc1ccc(C(O)CNC(=O)OC(C)(C)C)cc1. The molecule has 0 aliphatic rings.